The molecule has 48 heavy (non-hydrogen) atoms. The quantitative estimate of drug-likeness (QED) is 0.0520. The van der Waals surface area contributed by atoms with Crippen molar-refractivity contribution in [3.05, 3.63) is 0 Å². The summed E-state index contributed by atoms with van der Waals surface area (Å²) in [6, 6.07) is 0. The van der Waals surface area contributed by atoms with E-state index in [1.165, 1.54) is 0 Å². The first-order valence-corrected chi connectivity index (χ1v) is 13.2. The summed E-state index contributed by atoms with van der Waals surface area (Å²) in [7, 11) is -2.17. The molecule has 25 nitrogen and oxygen atoms in total. The van der Waals surface area contributed by atoms with E-state index in [9.17, 15) is 19.2 Å². The largest absolute Gasteiger partial charge is 0.631 e. The maximum atomic E-state index is 10.6. The summed E-state index contributed by atoms with van der Waals surface area (Å²) in [5.41, 5.74) is 11.8. The topological polar surface area (TPSA) is 477 Å². The maximum Gasteiger partial charge on any atom is 0.631 e. The Hall–Kier alpha value is -2.74. The number of carbonyl (C=O) groups is 4. The molecule has 0 amide bonds. The van der Waals surface area contributed by atoms with Crippen LogP contribution in [0.5, 0.6) is 0 Å². The van der Waals surface area contributed by atoms with E-state index in [1.807, 2.05) is 0 Å². The first-order valence-electron chi connectivity index (χ1n) is 13.2. The fourth-order valence-electron chi connectivity index (χ4n) is 1.93. The zero-order chi connectivity index (χ0) is 39.1. The Morgan fingerprint density at radius 2 is 0.542 bits per heavy atom. The number of rotatable bonds is 20. The zero-order valence-corrected chi connectivity index (χ0v) is 26.1. The molecule has 0 rings (SSSR count). The molecular weight excluding hydrogens is 665 g/mol. The lowest BCUT2D eigenvalue weighted by molar-refractivity contribution is -0.145. The average molecular weight is 717 g/mol. The van der Waals surface area contributed by atoms with Crippen LogP contribution >= 0.6 is 0 Å². The summed E-state index contributed by atoms with van der Waals surface area (Å²) in [6.07, 6.45) is 0. The Balaban J connectivity index is -0.000000182. The normalized spacial score (nSPS) is 11.0. The van der Waals surface area contributed by atoms with Crippen molar-refractivity contribution >= 4 is 31.2 Å². The molecule has 22 N–H and O–H groups in total. The van der Waals surface area contributed by atoms with Gasteiger partial charge in [-0.15, -0.1) is 0 Å². The van der Waals surface area contributed by atoms with E-state index in [2.05, 4.69) is 0 Å². The molecule has 0 spiro atoms. The molecule has 26 heteroatoms. The lowest BCUT2D eigenvalue weighted by Crippen LogP contribution is -2.50. The van der Waals surface area contributed by atoms with Crippen molar-refractivity contribution in [1.82, 2.24) is 9.80 Å². The van der Waals surface area contributed by atoms with Gasteiger partial charge in [-0.05, 0) is 0 Å². The van der Waals surface area contributed by atoms with Crippen molar-refractivity contribution in [3.8, 4) is 0 Å². The Morgan fingerprint density at radius 3 is 0.604 bits per heavy atom. The molecule has 0 aliphatic carbocycles. The van der Waals surface area contributed by atoms with Crippen LogP contribution in [0.1, 0.15) is 0 Å². The molecule has 0 saturated heterocycles. The standard InChI is InChI=1S/C10H16N2O8.3C4H11NO3.BH3O3/c13-7(14)3-11(4-8(15)16)1-2-12(5-9(17)18)6-10(19)20;3*5-4(1-6,2-7)3-8;2-1(3)4/h1-6H2,(H,13,14)(H,15,16)(H,17,18)(H,19,20);3*6-8H,1-3,5H2;2-4H. The highest BCUT2D eigenvalue weighted by Gasteiger charge is 2.22. The SMILES string of the molecule is NC(CO)(CO)CO.NC(CO)(CO)CO.NC(CO)(CO)CO.O=C(O)CN(CCN(CC(=O)O)CC(=O)O)CC(=O)O.OB(O)O. The fraction of sp³-hybridized carbons (Fsp3) is 0.818. The second-order valence-corrected chi connectivity index (χ2v) is 9.85. The van der Waals surface area contributed by atoms with Gasteiger partial charge >= 0.3 is 31.2 Å². The number of nitrogens with zero attached hydrogens (tertiary/aromatic N) is 2. The lowest BCUT2D eigenvalue weighted by Gasteiger charge is -2.23. The second-order valence-electron chi connectivity index (χ2n) is 9.85. The number of hydrogen-bond donors (Lipinski definition) is 19. The van der Waals surface area contributed by atoms with E-state index >= 15 is 0 Å². The smallest absolute Gasteiger partial charge is 0.480 e. The molecule has 0 aliphatic heterocycles. The van der Waals surface area contributed by atoms with E-state index < -0.39 is 133 Å². The van der Waals surface area contributed by atoms with E-state index in [-0.39, 0.29) is 13.1 Å². The Morgan fingerprint density at radius 1 is 0.417 bits per heavy atom. The maximum absolute atomic E-state index is 10.6. The highest BCUT2D eigenvalue weighted by atomic mass is 16.5. The molecule has 0 atom stereocenters. The minimum atomic E-state index is -2.17. The van der Waals surface area contributed by atoms with E-state index in [1.54, 1.807) is 0 Å². The molecule has 0 fully saturated rings. The molecule has 0 radical (unpaired) electrons. The van der Waals surface area contributed by atoms with Gasteiger partial charge in [0.15, 0.2) is 0 Å². The fourth-order valence-corrected chi connectivity index (χ4v) is 1.93. The number of aliphatic hydroxyl groups is 9. The van der Waals surface area contributed by atoms with Crippen LogP contribution in [0.25, 0.3) is 0 Å². The van der Waals surface area contributed by atoms with Crippen LogP contribution < -0.4 is 17.2 Å². The van der Waals surface area contributed by atoms with Crippen LogP contribution in [0.15, 0.2) is 0 Å². The van der Waals surface area contributed by atoms with Crippen LogP contribution in [0.4, 0.5) is 0 Å². The molecule has 0 aromatic heterocycles. The molecule has 0 bridgehead atoms. The van der Waals surface area contributed by atoms with Crippen LogP contribution in [-0.2, 0) is 19.2 Å². The van der Waals surface area contributed by atoms with Gasteiger partial charge in [-0.25, -0.2) is 0 Å². The van der Waals surface area contributed by atoms with Crippen molar-refractivity contribution in [1.29, 1.82) is 0 Å². The van der Waals surface area contributed by atoms with Gasteiger partial charge in [0.05, 0.1) is 102 Å². The molecule has 0 saturated carbocycles. The van der Waals surface area contributed by atoms with Gasteiger partial charge in [-0.1, -0.05) is 0 Å². The van der Waals surface area contributed by atoms with E-state index in [4.69, 9.17) is 98.7 Å². The van der Waals surface area contributed by atoms with Gasteiger partial charge < -0.3 is 98.7 Å². The van der Waals surface area contributed by atoms with Gasteiger partial charge in [0, 0.05) is 13.1 Å². The third-order valence-electron chi connectivity index (χ3n) is 5.00. The van der Waals surface area contributed by atoms with E-state index in [0.717, 1.165) is 9.80 Å². The number of carboxylic acid groups (broad SMARTS) is 4. The minimum Gasteiger partial charge on any atom is -0.480 e. The number of aliphatic hydroxyl groups excluding tert-OH is 9. The summed E-state index contributed by atoms with van der Waals surface area (Å²) < 4.78 is 0. The van der Waals surface area contributed by atoms with Crippen molar-refractivity contribution in [2.24, 2.45) is 17.2 Å². The monoisotopic (exact) mass is 717 g/mol. The summed E-state index contributed by atoms with van der Waals surface area (Å²) in [6.45, 7) is -5.88. The third kappa shape index (κ3) is 37.7. The first-order chi connectivity index (χ1) is 22.0. The van der Waals surface area contributed by atoms with Crippen LogP contribution in [0.3, 0.4) is 0 Å². The number of nitrogens with two attached hydrogens (primary N) is 3. The van der Waals surface area contributed by atoms with Gasteiger partial charge in [-0.2, -0.15) is 0 Å². The van der Waals surface area contributed by atoms with Crippen LogP contribution in [-0.4, -0.2) is 238 Å². The highest BCUT2D eigenvalue weighted by molar-refractivity contribution is 6.30. The molecular formula is C22H52BN5O20. The summed E-state index contributed by atoms with van der Waals surface area (Å²) in [4.78, 5) is 44.4. The second kappa shape index (κ2) is 31.5. The molecule has 0 aliphatic rings. The molecule has 0 heterocycles. The van der Waals surface area contributed by atoms with Crippen molar-refractivity contribution in [2.75, 3.05) is 98.7 Å². The molecule has 0 aromatic rings. The van der Waals surface area contributed by atoms with Gasteiger partial charge in [0.25, 0.3) is 0 Å². The van der Waals surface area contributed by atoms with Gasteiger partial charge in [-0.3, -0.25) is 29.0 Å². The third-order valence-corrected chi connectivity index (χ3v) is 5.00. The zero-order valence-electron chi connectivity index (χ0n) is 26.1. The lowest BCUT2D eigenvalue weighted by atomic mass is 10.1. The van der Waals surface area contributed by atoms with Gasteiger partial charge in [0.2, 0.25) is 0 Å². The Bertz CT molecular complexity index is 695. The summed E-state index contributed by atoms with van der Waals surface area (Å²) in [5, 5.41) is 131. The Kier molecular flexibility index (Phi) is 35.9. The number of carboxylic acids is 4. The molecule has 0 aromatic carbocycles. The summed E-state index contributed by atoms with van der Waals surface area (Å²) in [5.74, 6) is -4.91. The Labute approximate surface area is 274 Å². The average Bonchev–Trinajstić information content (AvgIpc) is 3.02. The van der Waals surface area contributed by atoms with Gasteiger partial charge in [0.1, 0.15) is 0 Å². The van der Waals surface area contributed by atoms with Crippen molar-refractivity contribution in [2.45, 2.75) is 16.6 Å². The minimum absolute atomic E-state index is 0.0703. The predicted octanol–water partition coefficient (Wildman–Crippen LogP) is -11.1. The highest BCUT2D eigenvalue weighted by Crippen LogP contribution is 1.96. The van der Waals surface area contributed by atoms with Crippen LogP contribution in [0.2, 0.25) is 0 Å². The van der Waals surface area contributed by atoms with Crippen molar-refractivity contribution < 1.29 is 101 Å². The first kappa shape index (κ1) is 54.7. The molecule has 288 valence electrons. The number of aliphatic carboxylic acids is 4. The predicted molar refractivity (Wildman–Crippen MR) is 160 cm³/mol. The number of hydrogen-bond acceptors (Lipinski definition) is 21. The van der Waals surface area contributed by atoms with E-state index in [0.29, 0.717) is 0 Å². The molecule has 0 unspecified atom stereocenters. The van der Waals surface area contributed by atoms with Crippen molar-refractivity contribution in [3.63, 3.8) is 0 Å². The van der Waals surface area contributed by atoms with Crippen LogP contribution in [0, 0.1) is 0 Å². The summed E-state index contributed by atoms with van der Waals surface area (Å²) >= 11 is 0.